The minimum absolute atomic E-state index is 0. The number of nitrogens with zero attached hydrogens (tertiary/aromatic N) is 5. The number of carbonyl (C=O) groups excluding carboxylic acids is 2. The number of amides is 2. The molecule has 1 aromatic heterocycles. The van der Waals surface area contributed by atoms with E-state index in [0.717, 1.165) is 57.7 Å². The minimum atomic E-state index is -1.01. The number of aromatic nitrogens is 1. The van der Waals surface area contributed by atoms with Crippen LogP contribution in [0.3, 0.4) is 0 Å². The maximum absolute atomic E-state index is 13.0. The second-order valence-electron chi connectivity index (χ2n) is 13.5. The molecule has 0 radical (unpaired) electrons. The number of carboxylic acid groups (broad SMARTS) is 3. The Morgan fingerprint density at radius 1 is 0.642 bits per heavy atom. The molecular formula is C35H59GdN9O8. The Morgan fingerprint density at radius 3 is 1.75 bits per heavy atom. The zero-order chi connectivity index (χ0) is 37.6. The van der Waals surface area contributed by atoms with Crippen molar-refractivity contribution in [3.63, 3.8) is 0 Å². The molecule has 2 bridgehead atoms. The Labute approximate surface area is 344 Å². The molecule has 53 heavy (non-hydrogen) atoms. The SMILES string of the molecule is O=C(O)CN1CCN(CC(=O)O)Cc2cc(CCCNC(=O)CCCC(=O)N3CCCNCCNCCCNCC3)cc(n2)CN(CC(=O)O)CC1.[Gd]. The van der Waals surface area contributed by atoms with Gasteiger partial charge in [-0.2, -0.15) is 0 Å². The number of hydrogen-bond acceptors (Lipinski definition) is 12. The maximum atomic E-state index is 13.0. The molecule has 0 aromatic carbocycles. The first-order valence-electron chi connectivity index (χ1n) is 18.5. The van der Waals surface area contributed by atoms with Crippen LogP contribution in [0.5, 0.6) is 0 Å². The van der Waals surface area contributed by atoms with Gasteiger partial charge < -0.3 is 41.5 Å². The number of nitrogens with one attached hydrogen (secondary N) is 4. The quantitative estimate of drug-likeness (QED) is 0.110. The van der Waals surface area contributed by atoms with Crippen molar-refractivity contribution in [1.82, 2.24) is 45.9 Å². The Balaban J connectivity index is 0.00000972. The summed E-state index contributed by atoms with van der Waals surface area (Å²) >= 11 is 0. The molecule has 2 amide bonds. The average Bonchev–Trinajstić information content (AvgIpc) is 3.07. The Bertz CT molecular complexity index is 1230. The van der Waals surface area contributed by atoms with Gasteiger partial charge in [-0.1, -0.05) is 0 Å². The van der Waals surface area contributed by atoms with Crippen LogP contribution in [-0.4, -0.2) is 174 Å². The van der Waals surface area contributed by atoms with Crippen LogP contribution in [0.25, 0.3) is 0 Å². The van der Waals surface area contributed by atoms with E-state index in [2.05, 4.69) is 21.3 Å². The second-order valence-corrected chi connectivity index (χ2v) is 13.5. The van der Waals surface area contributed by atoms with E-state index in [1.54, 1.807) is 14.7 Å². The van der Waals surface area contributed by atoms with Crippen LogP contribution in [0.1, 0.15) is 55.5 Å². The van der Waals surface area contributed by atoms with Crippen LogP contribution in [0.15, 0.2) is 12.1 Å². The molecule has 18 heteroatoms. The van der Waals surface area contributed by atoms with E-state index in [1.165, 1.54) is 0 Å². The number of hydrogen-bond donors (Lipinski definition) is 7. The van der Waals surface area contributed by atoms with Crippen molar-refractivity contribution in [3.05, 3.63) is 29.1 Å². The van der Waals surface area contributed by atoms with Gasteiger partial charge in [-0.05, 0) is 69.4 Å². The molecule has 1 fully saturated rings. The average molecular weight is 891 g/mol. The molecule has 2 aliphatic heterocycles. The van der Waals surface area contributed by atoms with E-state index >= 15 is 0 Å². The third-order valence-electron chi connectivity index (χ3n) is 8.94. The molecule has 7 N–H and O–H groups in total. The van der Waals surface area contributed by atoms with Crippen LogP contribution in [0.4, 0.5) is 0 Å². The first-order chi connectivity index (χ1) is 25.1. The number of aryl methyl sites for hydroxylation is 1. The third kappa shape index (κ3) is 21.3. The summed E-state index contributed by atoms with van der Waals surface area (Å²) in [6, 6.07) is 3.80. The molecule has 0 unspecified atom stereocenters. The van der Waals surface area contributed by atoms with Crippen LogP contribution >= 0.6 is 0 Å². The number of carbonyl (C=O) groups is 5. The van der Waals surface area contributed by atoms with Crippen molar-refractivity contribution >= 4 is 29.7 Å². The van der Waals surface area contributed by atoms with Gasteiger partial charge in [0.05, 0.1) is 31.0 Å². The Morgan fingerprint density at radius 2 is 1.17 bits per heavy atom. The van der Waals surface area contributed by atoms with Gasteiger partial charge in [0.1, 0.15) is 0 Å². The molecule has 0 saturated carbocycles. The van der Waals surface area contributed by atoms with E-state index in [0.29, 0.717) is 82.9 Å². The predicted octanol–water partition coefficient (Wildman–Crippen LogP) is -1.13. The molecular weight excluding hydrogens is 832 g/mol. The molecule has 1 aromatic rings. The summed E-state index contributed by atoms with van der Waals surface area (Å²) in [5.41, 5.74) is 2.21. The predicted molar refractivity (Wildman–Crippen MR) is 194 cm³/mol. The van der Waals surface area contributed by atoms with Gasteiger partial charge in [0.25, 0.3) is 0 Å². The third-order valence-corrected chi connectivity index (χ3v) is 8.94. The summed E-state index contributed by atoms with van der Waals surface area (Å²) in [4.78, 5) is 72.1. The standard InChI is InChI=1S/C35H59N9O8.Gd/c45-31(6-1-7-32(46)44-15-4-10-37-13-12-36-8-3-9-38-14-16-44)39-11-2-5-28-21-29-23-42(26-34(49)50)19-17-41(25-33(47)48)18-20-43(27-35(51)52)24-30(22-28)40-29;/h21-22,36-38H,1-20,23-27H2,(H,39,45)(H,47,48)(H,49,50)(H,51,52);. The minimum Gasteiger partial charge on any atom is -0.480 e. The van der Waals surface area contributed by atoms with Crippen LogP contribution in [0, 0.1) is 39.9 Å². The summed E-state index contributed by atoms with van der Waals surface area (Å²) in [6.45, 7) is 7.99. The van der Waals surface area contributed by atoms with E-state index in [4.69, 9.17) is 4.98 Å². The smallest absolute Gasteiger partial charge is 0.317 e. The van der Waals surface area contributed by atoms with E-state index in [-0.39, 0.29) is 90.9 Å². The van der Waals surface area contributed by atoms with Crippen molar-refractivity contribution < 1.29 is 79.2 Å². The Hall–Kier alpha value is -2.42. The number of fused-ring (bicyclic) bond motifs is 2. The molecule has 17 nitrogen and oxygen atoms in total. The molecule has 0 aliphatic carbocycles. The number of carboxylic acids is 3. The van der Waals surface area contributed by atoms with Gasteiger partial charge in [-0.15, -0.1) is 0 Å². The van der Waals surface area contributed by atoms with Crippen LogP contribution in [-0.2, 0) is 43.5 Å². The number of aliphatic carboxylic acids is 3. The summed E-state index contributed by atoms with van der Waals surface area (Å²) in [5, 5.41) is 41.6. The van der Waals surface area contributed by atoms with Crippen LogP contribution < -0.4 is 21.3 Å². The van der Waals surface area contributed by atoms with E-state index in [9.17, 15) is 39.3 Å². The zero-order valence-corrected chi connectivity index (χ0v) is 33.1. The summed E-state index contributed by atoms with van der Waals surface area (Å²) < 4.78 is 0. The topological polar surface area (TPSA) is 220 Å². The van der Waals surface area contributed by atoms with Crippen molar-refractivity contribution in [3.8, 4) is 0 Å². The zero-order valence-electron chi connectivity index (χ0n) is 30.8. The van der Waals surface area contributed by atoms with Crippen LogP contribution in [0.2, 0.25) is 0 Å². The molecule has 300 valence electrons. The molecule has 0 atom stereocenters. The molecule has 1 saturated heterocycles. The molecule has 3 heterocycles. The van der Waals surface area contributed by atoms with Gasteiger partial charge in [0.2, 0.25) is 11.8 Å². The van der Waals surface area contributed by atoms with Gasteiger partial charge >= 0.3 is 17.9 Å². The van der Waals surface area contributed by atoms with E-state index in [1.807, 2.05) is 17.0 Å². The van der Waals surface area contributed by atoms with Crippen molar-refractivity contribution in [2.24, 2.45) is 0 Å². The molecule has 0 spiro atoms. The van der Waals surface area contributed by atoms with Gasteiger partial charge in [-0.3, -0.25) is 43.7 Å². The monoisotopic (exact) mass is 891 g/mol. The normalized spacial score (nSPS) is 18.0. The Kier molecular flexibility index (Phi) is 24.0. The number of rotatable bonds is 14. The van der Waals surface area contributed by atoms with Crippen molar-refractivity contribution in [1.29, 1.82) is 0 Å². The molecule has 2 aliphatic rings. The summed E-state index contributed by atoms with van der Waals surface area (Å²) in [7, 11) is 0. The largest absolute Gasteiger partial charge is 0.480 e. The fourth-order valence-corrected chi connectivity index (χ4v) is 6.35. The first kappa shape index (κ1) is 46.7. The van der Waals surface area contributed by atoms with Gasteiger partial charge in [0, 0.05) is 131 Å². The molecule has 3 rings (SSSR count). The maximum Gasteiger partial charge on any atom is 0.317 e. The van der Waals surface area contributed by atoms with E-state index < -0.39 is 17.9 Å². The number of pyridine rings is 1. The fraction of sp³-hybridized carbons (Fsp3) is 0.714. The van der Waals surface area contributed by atoms with Gasteiger partial charge in [-0.25, -0.2) is 0 Å². The fourth-order valence-electron chi connectivity index (χ4n) is 6.35. The van der Waals surface area contributed by atoms with Crippen molar-refractivity contribution in [2.45, 2.75) is 58.0 Å². The van der Waals surface area contributed by atoms with Crippen molar-refractivity contribution in [2.75, 3.05) is 105 Å². The van der Waals surface area contributed by atoms with Gasteiger partial charge in [0.15, 0.2) is 0 Å². The summed E-state index contributed by atoms with van der Waals surface area (Å²) in [6.07, 6.45) is 4.22. The first-order valence-corrected chi connectivity index (χ1v) is 18.5. The second kappa shape index (κ2) is 27.2. The summed E-state index contributed by atoms with van der Waals surface area (Å²) in [5.74, 6) is -3.06.